The first kappa shape index (κ1) is 13.8. The first-order chi connectivity index (χ1) is 8.99. The Labute approximate surface area is 113 Å². The second-order valence-electron chi connectivity index (χ2n) is 5.69. The summed E-state index contributed by atoms with van der Waals surface area (Å²) in [4.78, 5) is 19.2. The second kappa shape index (κ2) is 5.55. The van der Waals surface area contributed by atoms with Gasteiger partial charge >= 0.3 is 5.97 Å². The highest BCUT2D eigenvalue weighted by Crippen LogP contribution is 2.37. The summed E-state index contributed by atoms with van der Waals surface area (Å²) in [6.07, 6.45) is 5.83. The van der Waals surface area contributed by atoms with Gasteiger partial charge in [0.05, 0.1) is 0 Å². The number of aromatic nitrogens is 2. The Balaban J connectivity index is 2.08. The van der Waals surface area contributed by atoms with Gasteiger partial charge < -0.3 is 10.8 Å². The summed E-state index contributed by atoms with van der Waals surface area (Å²) in [5.41, 5.74) is 5.66. The van der Waals surface area contributed by atoms with Gasteiger partial charge in [-0.15, -0.1) is 0 Å². The molecular formula is C14H21N3O2. The smallest absolute Gasteiger partial charge is 0.341 e. The van der Waals surface area contributed by atoms with Crippen molar-refractivity contribution in [2.45, 2.75) is 45.4 Å². The van der Waals surface area contributed by atoms with E-state index < -0.39 is 5.97 Å². The first-order valence-corrected chi connectivity index (χ1v) is 6.84. The molecule has 0 bridgehead atoms. The molecule has 104 valence electrons. The minimum atomic E-state index is -1.08. The van der Waals surface area contributed by atoms with E-state index in [1.807, 2.05) is 0 Å². The summed E-state index contributed by atoms with van der Waals surface area (Å²) < 4.78 is 0. The maximum Gasteiger partial charge on any atom is 0.341 e. The Morgan fingerprint density at radius 2 is 2.00 bits per heavy atom. The van der Waals surface area contributed by atoms with Crippen LogP contribution >= 0.6 is 0 Å². The number of nitrogen functional groups attached to an aromatic ring is 1. The van der Waals surface area contributed by atoms with E-state index in [4.69, 9.17) is 10.8 Å². The van der Waals surface area contributed by atoms with Crippen molar-refractivity contribution in [3.63, 3.8) is 0 Å². The van der Waals surface area contributed by atoms with Crippen molar-refractivity contribution in [2.24, 2.45) is 11.8 Å². The average molecular weight is 263 g/mol. The van der Waals surface area contributed by atoms with Gasteiger partial charge in [0, 0.05) is 12.1 Å². The van der Waals surface area contributed by atoms with Crippen LogP contribution in [0.25, 0.3) is 0 Å². The van der Waals surface area contributed by atoms with Gasteiger partial charge in [0.25, 0.3) is 0 Å². The quantitative estimate of drug-likeness (QED) is 0.875. The molecule has 0 aromatic carbocycles. The van der Waals surface area contributed by atoms with Crippen LogP contribution in [0, 0.1) is 11.8 Å². The Hall–Kier alpha value is -1.65. The van der Waals surface area contributed by atoms with Crippen molar-refractivity contribution >= 4 is 11.8 Å². The normalized spacial score (nSPS) is 23.5. The van der Waals surface area contributed by atoms with Gasteiger partial charge in [-0.1, -0.05) is 13.8 Å². The predicted octanol–water partition coefficient (Wildman–Crippen LogP) is 2.69. The van der Waals surface area contributed by atoms with Gasteiger partial charge in [-0.2, -0.15) is 0 Å². The lowest BCUT2D eigenvalue weighted by Crippen LogP contribution is -2.19. The molecule has 0 amide bonds. The predicted molar refractivity (Wildman–Crippen MR) is 72.9 cm³/mol. The van der Waals surface area contributed by atoms with Crippen LogP contribution in [-0.2, 0) is 0 Å². The van der Waals surface area contributed by atoms with E-state index in [0.29, 0.717) is 11.7 Å². The Morgan fingerprint density at radius 3 is 2.47 bits per heavy atom. The van der Waals surface area contributed by atoms with Crippen LogP contribution < -0.4 is 5.73 Å². The summed E-state index contributed by atoms with van der Waals surface area (Å²) in [6, 6.07) is 0. The molecular weight excluding hydrogens is 242 g/mol. The number of nitrogens with two attached hydrogens (primary N) is 1. The summed E-state index contributed by atoms with van der Waals surface area (Å²) in [6.45, 7) is 4.53. The van der Waals surface area contributed by atoms with E-state index >= 15 is 0 Å². The fourth-order valence-electron chi connectivity index (χ4n) is 2.81. The molecule has 2 rings (SSSR count). The van der Waals surface area contributed by atoms with Gasteiger partial charge in [0.2, 0.25) is 0 Å². The van der Waals surface area contributed by atoms with Crippen molar-refractivity contribution in [3.8, 4) is 0 Å². The largest absolute Gasteiger partial charge is 0.477 e. The molecule has 1 aliphatic rings. The maximum absolute atomic E-state index is 10.9. The molecule has 1 heterocycles. The lowest BCUT2D eigenvalue weighted by atomic mass is 9.77. The number of carbonyl (C=O) groups is 1. The number of nitrogens with zero attached hydrogens (tertiary/aromatic N) is 2. The average Bonchev–Trinajstić information content (AvgIpc) is 2.38. The summed E-state index contributed by atoms with van der Waals surface area (Å²) in [7, 11) is 0. The van der Waals surface area contributed by atoms with Gasteiger partial charge in [0.1, 0.15) is 17.2 Å². The molecule has 1 aromatic rings. The zero-order valence-corrected chi connectivity index (χ0v) is 11.5. The zero-order valence-electron chi connectivity index (χ0n) is 11.5. The topological polar surface area (TPSA) is 89.1 Å². The van der Waals surface area contributed by atoms with Crippen molar-refractivity contribution in [1.29, 1.82) is 0 Å². The third kappa shape index (κ3) is 3.03. The zero-order chi connectivity index (χ0) is 14.0. The molecule has 1 fully saturated rings. The second-order valence-corrected chi connectivity index (χ2v) is 5.69. The molecule has 1 aromatic heterocycles. The SMILES string of the molecule is CC(C)C1CCC(c2ncc(C(=O)O)c(N)n2)CC1. The molecule has 0 spiro atoms. The van der Waals surface area contributed by atoms with E-state index in [1.165, 1.54) is 19.0 Å². The third-order valence-electron chi connectivity index (χ3n) is 4.15. The minimum absolute atomic E-state index is 0.0142. The van der Waals surface area contributed by atoms with Crippen molar-refractivity contribution in [3.05, 3.63) is 17.6 Å². The maximum atomic E-state index is 10.9. The first-order valence-electron chi connectivity index (χ1n) is 6.84. The van der Waals surface area contributed by atoms with E-state index in [0.717, 1.165) is 24.7 Å². The standard InChI is InChI=1S/C14H21N3O2/c1-8(2)9-3-5-10(6-4-9)13-16-7-11(14(18)19)12(15)17-13/h7-10H,3-6H2,1-2H3,(H,18,19)(H2,15,16,17). The van der Waals surface area contributed by atoms with Crippen molar-refractivity contribution < 1.29 is 9.90 Å². The summed E-state index contributed by atoms with van der Waals surface area (Å²) in [5, 5.41) is 8.90. The van der Waals surface area contributed by atoms with Crippen LogP contribution in [0.3, 0.4) is 0 Å². The van der Waals surface area contributed by atoms with E-state index in [9.17, 15) is 4.79 Å². The number of anilines is 1. The fourth-order valence-corrected chi connectivity index (χ4v) is 2.81. The molecule has 0 aliphatic heterocycles. The molecule has 3 N–H and O–H groups in total. The number of aromatic carboxylic acids is 1. The molecule has 0 radical (unpaired) electrons. The van der Waals surface area contributed by atoms with Crippen LogP contribution in [0.4, 0.5) is 5.82 Å². The number of carboxylic acids is 1. The minimum Gasteiger partial charge on any atom is -0.477 e. The van der Waals surface area contributed by atoms with E-state index in [-0.39, 0.29) is 11.4 Å². The number of rotatable bonds is 3. The molecule has 1 saturated carbocycles. The molecule has 0 atom stereocenters. The highest BCUT2D eigenvalue weighted by atomic mass is 16.4. The van der Waals surface area contributed by atoms with Crippen molar-refractivity contribution in [2.75, 3.05) is 5.73 Å². The molecule has 1 aliphatic carbocycles. The monoisotopic (exact) mass is 263 g/mol. The van der Waals surface area contributed by atoms with Gasteiger partial charge in [-0.3, -0.25) is 0 Å². The molecule has 19 heavy (non-hydrogen) atoms. The van der Waals surface area contributed by atoms with Crippen LogP contribution in [0.1, 0.15) is 61.6 Å². The van der Waals surface area contributed by atoms with E-state index in [2.05, 4.69) is 23.8 Å². The summed E-state index contributed by atoms with van der Waals surface area (Å²) in [5.74, 6) is 1.52. The van der Waals surface area contributed by atoms with Gasteiger partial charge in [-0.05, 0) is 37.5 Å². The molecule has 5 nitrogen and oxygen atoms in total. The summed E-state index contributed by atoms with van der Waals surface area (Å²) >= 11 is 0. The van der Waals surface area contributed by atoms with Crippen LogP contribution in [0.5, 0.6) is 0 Å². The lowest BCUT2D eigenvalue weighted by molar-refractivity contribution is 0.0697. The van der Waals surface area contributed by atoms with Gasteiger partial charge in [0.15, 0.2) is 0 Å². The third-order valence-corrected chi connectivity index (χ3v) is 4.15. The number of hydrogen-bond acceptors (Lipinski definition) is 4. The molecule has 0 unspecified atom stereocenters. The van der Waals surface area contributed by atoms with Crippen LogP contribution in [-0.4, -0.2) is 21.0 Å². The lowest BCUT2D eigenvalue weighted by Gasteiger charge is -2.30. The van der Waals surface area contributed by atoms with Crippen LogP contribution in [0.2, 0.25) is 0 Å². The van der Waals surface area contributed by atoms with Gasteiger partial charge in [-0.25, -0.2) is 14.8 Å². The molecule has 0 saturated heterocycles. The highest BCUT2D eigenvalue weighted by Gasteiger charge is 2.26. The Bertz CT molecular complexity index is 466. The highest BCUT2D eigenvalue weighted by molar-refractivity contribution is 5.92. The Kier molecular flexibility index (Phi) is 4.02. The Morgan fingerprint density at radius 1 is 1.37 bits per heavy atom. The van der Waals surface area contributed by atoms with Crippen molar-refractivity contribution in [1.82, 2.24) is 9.97 Å². The fraction of sp³-hybridized carbons (Fsp3) is 0.643. The number of hydrogen-bond donors (Lipinski definition) is 2. The van der Waals surface area contributed by atoms with Crippen LogP contribution in [0.15, 0.2) is 6.20 Å². The van der Waals surface area contributed by atoms with E-state index in [1.54, 1.807) is 0 Å². The molecule has 5 heteroatoms. The number of carboxylic acid groups (broad SMARTS) is 1.